The molecule has 6 nitrogen and oxygen atoms in total. The Hall–Kier alpha value is -2.29. The molecule has 1 unspecified atom stereocenters. The molecule has 0 aliphatic carbocycles. The van der Waals surface area contributed by atoms with Gasteiger partial charge in [0.1, 0.15) is 5.01 Å². The molecular weight excluding hydrogens is 418 g/mol. The standard InChI is InChI=1S/C22H25N3O3S2/c1-16-6-5-13-25(14-16)30(27,28)18-11-9-17(10-12-18)22(26)24(2)15-21-23-19-7-3-4-8-20(19)29-21/h3-4,7-12,16H,5-6,13-15H2,1-2H3. The third kappa shape index (κ3) is 4.26. The van der Waals surface area contributed by atoms with Gasteiger partial charge in [0.05, 0.1) is 21.7 Å². The van der Waals surface area contributed by atoms with Crippen LogP contribution >= 0.6 is 11.3 Å². The number of fused-ring (bicyclic) bond motifs is 1. The third-order valence-electron chi connectivity index (χ3n) is 5.42. The van der Waals surface area contributed by atoms with E-state index in [1.165, 1.54) is 12.1 Å². The number of hydrogen-bond donors (Lipinski definition) is 0. The summed E-state index contributed by atoms with van der Waals surface area (Å²) in [5, 5.41) is 0.866. The molecular formula is C22H25N3O3S2. The highest BCUT2D eigenvalue weighted by Crippen LogP contribution is 2.25. The number of sulfonamides is 1. The van der Waals surface area contributed by atoms with Crippen LogP contribution in [0.15, 0.2) is 53.4 Å². The molecule has 0 bridgehead atoms. The normalized spacial score (nSPS) is 17.9. The molecule has 2 aromatic carbocycles. The van der Waals surface area contributed by atoms with Gasteiger partial charge < -0.3 is 4.90 Å². The number of carbonyl (C=O) groups excluding carboxylic acids is 1. The van der Waals surface area contributed by atoms with E-state index in [0.717, 1.165) is 28.1 Å². The minimum atomic E-state index is -3.52. The van der Waals surface area contributed by atoms with E-state index >= 15 is 0 Å². The lowest BCUT2D eigenvalue weighted by atomic mass is 10.0. The highest BCUT2D eigenvalue weighted by atomic mass is 32.2. The van der Waals surface area contributed by atoms with Gasteiger partial charge in [-0.15, -0.1) is 11.3 Å². The average Bonchev–Trinajstić information content (AvgIpc) is 3.15. The van der Waals surface area contributed by atoms with E-state index in [-0.39, 0.29) is 10.8 Å². The molecule has 1 amide bonds. The van der Waals surface area contributed by atoms with Crippen molar-refractivity contribution in [3.05, 3.63) is 59.1 Å². The van der Waals surface area contributed by atoms with E-state index in [2.05, 4.69) is 11.9 Å². The van der Waals surface area contributed by atoms with Crippen molar-refractivity contribution in [2.45, 2.75) is 31.2 Å². The zero-order valence-corrected chi connectivity index (χ0v) is 18.7. The zero-order chi connectivity index (χ0) is 21.3. The van der Waals surface area contributed by atoms with Crippen molar-refractivity contribution in [3.8, 4) is 0 Å². The lowest BCUT2D eigenvalue weighted by Gasteiger charge is -2.30. The fourth-order valence-corrected chi connectivity index (χ4v) is 6.39. The fourth-order valence-electron chi connectivity index (χ4n) is 3.77. The number of thiazole rings is 1. The summed E-state index contributed by atoms with van der Waals surface area (Å²) in [5.41, 5.74) is 1.39. The molecule has 0 spiro atoms. The SMILES string of the molecule is CC1CCCN(S(=O)(=O)c2ccc(C(=O)N(C)Cc3nc4ccccc4s3)cc2)C1. The van der Waals surface area contributed by atoms with Crippen molar-refractivity contribution in [3.63, 3.8) is 0 Å². The van der Waals surface area contributed by atoms with Crippen LogP contribution in [0.25, 0.3) is 10.2 Å². The first-order chi connectivity index (χ1) is 14.3. The molecule has 158 valence electrons. The number of benzene rings is 2. The predicted molar refractivity (Wildman–Crippen MR) is 119 cm³/mol. The van der Waals surface area contributed by atoms with E-state index in [1.807, 2.05) is 24.3 Å². The van der Waals surface area contributed by atoms with Crippen molar-refractivity contribution in [2.75, 3.05) is 20.1 Å². The topological polar surface area (TPSA) is 70.6 Å². The summed E-state index contributed by atoms with van der Waals surface area (Å²) in [6.07, 6.45) is 1.94. The highest BCUT2D eigenvalue weighted by Gasteiger charge is 2.28. The number of aromatic nitrogens is 1. The Morgan fingerprint density at radius 2 is 1.93 bits per heavy atom. The summed E-state index contributed by atoms with van der Waals surface area (Å²) in [5.74, 6) is 0.204. The number of amides is 1. The average molecular weight is 444 g/mol. The first kappa shape index (κ1) is 21.0. The summed E-state index contributed by atoms with van der Waals surface area (Å²) >= 11 is 1.57. The van der Waals surface area contributed by atoms with E-state index in [9.17, 15) is 13.2 Å². The Labute approximate surface area is 181 Å². The molecule has 8 heteroatoms. The quantitative estimate of drug-likeness (QED) is 0.598. The summed E-state index contributed by atoms with van der Waals surface area (Å²) in [6, 6.07) is 14.1. The maximum atomic E-state index is 12.9. The van der Waals surface area contributed by atoms with Crippen molar-refractivity contribution in [1.29, 1.82) is 0 Å². The highest BCUT2D eigenvalue weighted by molar-refractivity contribution is 7.89. The smallest absolute Gasteiger partial charge is 0.253 e. The zero-order valence-electron chi connectivity index (χ0n) is 17.1. The number of para-hydroxylation sites is 1. The van der Waals surface area contributed by atoms with Crippen LogP contribution in [0.3, 0.4) is 0 Å². The van der Waals surface area contributed by atoms with Gasteiger partial charge in [-0.1, -0.05) is 19.1 Å². The Morgan fingerprint density at radius 3 is 2.63 bits per heavy atom. The minimum Gasteiger partial charge on any atom is -0.335 e. The fraction of sp³-hybridized carbons (Fsp3) is 0.364. The summed E-state index contributed by atoms with van der Waals surface area (Å²) in [4.78, 5) is 19.2. The molecule has 1 atom stereocenters. The maximum Gasteiger partial charge on any atom is 0.253 e. The molecule has 0 radical (unpaired) electrons. The van der Waals surface area contributed by atoms with E-state index in [1.54, 1.807) is 39.7 Å². The molecule has 2 heterocycles. The van der Waals surface area contributed by atoms with E-state index in [0.29, 0.717) is 31.1 Å². The lowest BCUT2D eigenvalue weighted by Crippen LogP contribution is -2.39. The molecule has 1 aliphatic heterocycles. The molecule has 0 saturated carbocycles. The lowest BCUT2D eigenvalue weighted by molar-refractivity contribution is 0.0785. The first-order valence-electron chi connectivity index (χ1n) is 10.0. The second-order valence-corrected chi connectivity index (χ2v) is 10.9. The minimum absolute atomic E-state index is 0.162. The van der Waals surface area contributed by atoms with Crippen LogP contribution in [-0.4, -0.2) is 48.7 Å². The van der Waals surface area contributed by atoms with E-state index in [4.69, 9.17) is 0 Å². The number of rotatable bonds is 5. The maximum absolute atomic E-state index is 12.9. The van der Waals surface area contributed by atoms with Gasteiger partial charge in [0, 0.05) is 25.7 Å². The molecule has 0 N–H and O–H groups in total. The Morgan fingerprint density at radius 1 is 1.20 bits per heavy atom. The van der Waals surface area contributed by atoms with Gasteiger partial charge in [0.25, 0.3) is 5.91 Å². The van der Waals surface area contributed by atoms with Crippen molar-refractivity contribution in [1.82, 2.24) is 14.2 Å². The third-order valence-corrected chi connectivity index (χ3v) is 8.32. The summed E-state index contributed by atoms with van der Waals surface area (Å²) < 4.78 is 28.4. The molecule has 4 rings (SSSR count). The second kappa shape index (κ2) is 8.45. The number of hydrogen-bond acceptors (Lipinski definition) is 5. The van der Waals surface area contributed by atoms with Gasteiger partial charge in [-0.2, -0.15) is 4.31 Å². The van der Waals surface area contributed by atoms with Gasteiger partial charge in [-0.3, -0.25) is 4.79 Å². The van der Waals surface area contributed by atoms with Gasteiger partial charge in [0.2, 0.25) is 10.0 Å². The van der Waals surface area contributed by atoms with Crippen LogP contribution in [0.1, 0.15) is 35.1 Å². The number of carbonyl (C=O) groups is 1. The molecule has 30 heavy (non-hydrogen) atoms. The number of piperidine rings is 1. The van der Waals surface area contributed by atoms with Gasteiger partial charge in [0.15, 0.2) is 0 Å². The van der Waals surface area contributed by atoms with Crippen LogP contribution in [0.2, 0.25) is 0 Å². The largest absolute Gasteiger partial charge is 0.335 e. The predicted octanol–water partition coefficient (Wildman–Crippen LogP) is 3.99. The van der Waals surface area contributed by atoms with Gasteiger partial charge in [-0.25, -0.2) is 13.4 Å². The molecule has 1 aromatic heterocycles. The van der Waals surface area contributed by atoms with Crippen LogP contribution in [-0.2, 0) is 16.6 Å². The Bertz CT molecular complexity index is 1120. The summed E-state index contributed by atoms with van der Waals surface area (Å²) in [7, 11) is -1.79. The molecule has 1 saturated heterocycles. The van der Waals surface area contributed by atoms with Crippen LogP contribution < -0.4 is 0 Å². The van der Waals surface area contributed by atoms with Crippen molar-refractivity contribution < 1.29 is 13.2 Å². The van der Waals surface area contributed by atoms with E-state index < -0.39 is 10.0 Å². The molecule has 1 aliphatic rings. The van der Waals surface area contributed by atoms with Gasteiger partial charge >= 0.3 is 0 Å². The first-order valence-corrected chi connectivity index (χ1v) is 12.3. The molecule has 1 fully saturated rings. The number of nitrogens with zero attached hydrogens (tertiary/aromatic N) is 3. The Balaban J connectivity index is 1.46. The monoisotopic (exact) mass is 443 g/mol. The van der Waals surface area contributed by atoms with Crippen molar-refractivity contribution >= 4 is 37.5 Å². The van der Waals surface area contributed by atoms with Crippen molar-refractivity contribution in [2.24, 2.45) is 5.92 Å². The molecule has 3 aromatic rings. The second-order valence-electron chi connectivity index (χ2n) is 7.87. The van der Waals surface area contributed by atoms with Crippen LogP contribution in [0.5, 0.6) is 0 Å². The van der Waals surface area contributed by atoms with Crippen LogP contribution in [0.4, 0.5) is 0 Å². The van der Waals surface area contributed by atoms with Crippen LogP contribution in [0, 0.1) is 5.92 Å². The Kier molecular flexibility index (Phi) is 5.90. The summed E-state index contributed by atoms with van der Waals surface area (Å²) in [6.45, 7) is 3.58. The van der Waals surface area contributed by atoms with Gasteiger partial charge in [-0.05, 0) is 55.2 Å².